The van der Waals surface area contributed by atoms with Gasteiger partial charge in [-0.05, 0) is 18.1 Å². The summed E-state index contributed by atoms with van der Waals surface area (Å²) in [7, 11) is 0. The molecule has 2 rings (SSSR count). The van der Waals surface area contributed by atoms with Gasteiger partial charge in [0.25, 0.3) is 0 Å². The van der Waals surface area contributed by atoms with E-state index in [9.17, 15) is 4.79 Å². The van der Waals surface area contributed by atoms with E-state index in [0.29, 0.717) is 11.3 Å². The third-order valence-corrected chi connectivity index (χ3v) is 2.63. The van der Waals surface area contributed by atoms with Crippen molar-refractivity contribution < 1.29 is 4.79 Å². The molecule has 0 N–H and O–H groups in total. The average Bonchev–Trinajstić information content (AvgIpc) is 2.39. The first kappa shape index (κ1) is 11.1. The Morgan fingerprint density at radius 1 is 1.06 bits per heavy atom. The Labute approximate surface area is 100 Å². The summed E-state index contributed by atoms with van der Waals surface area (Å²) in [6, 6.07) is 14.8. The number of carbonyl (C=O) groups is 1. The smallest absolute Gasteiger partial charge is 0.194 e. The molecular weight excluding hydrogens is 210 g/mol. The van der Waals surface area contributed by atoms with Gasteiger partial charge in [0.1, 0.15) is 0 Å². The second-order valence-corrected chi connectivity index (χ2v) is 3.76. The van der Waals surface area contributed by atoms with Crippen LogP contribution in [-0.2, 0) is 0 Å². The van der Waals surface area contributed by atoms with Gasteiger partial charge in [-0.15, -0.1) is 0 Å². The van der Waals surface area contributed by atoms with E-state index in [1.165, 1.54) is 0 Å². The van der Waals surface area contributed by atoms with Gasteiger partial charge in [-0.3, -0.25) is 4.79 Å². The van der Waals surface area contributed by atoms with E-state index in [1.54, 1.807) is 25.1 Å². The number of nitrogens with zero attached hydrogens (tertiary/aromatic N) is 1. The molecule has 0 aliphatic rings. The molecule has 0 heterocycles. The lowest BCUT2D eigenvalue weighted by Gasteiger charge is -2.04. The lowest BCUT2D eigenvalue weighted by Crippen LogP contribution is -1.90. The summed E-state index contributed by atoms with van der Waals surface area (Å²) in [5.41, 5.74) is 3.18. The molecule has 0 spiro atoms. The van der Waals surface area contributed by atoms with E-state index in [-0.39, 0.29) is 5.78 Å². The van der Waals surface area contributed by atoms with Gasteiger partial charge in [-0.25, -0.2) is 4.85 Å². The summed E-state index contributed by atoms with van der Waals surface area (Å²) in [4.78, 5) is 14.7. The summed E-state index contributed by atoms with van der Waals surface area (Å²) < 4.78 is 0. The van der Waals surface area contributed by atoms with Crippen molar-refractivity contribution in [2.45, 2.75) is 6.92 Å². The summed E-state index contributed by atoms with van der Waals surface area (Å²) in [5, 5.41) is 0. The van der Waals surface area contributed by atoms with Crippen LogP contribution in [0.15, 0.2) is 48.5 Å². The molecule has 0 aromatic heterocycles. The van der Waals surface area contributed by atoms with E-state index in [2.05, 4.69) is 4.85 Å². The Balaban J connectivity index is 2.47. The topological polar surface area (TPSA) is 21.4 Å². The first-order chi connectivity index (χ1) is 8.22. The minimum absolute atomic E-state index is 0.0509. The Bertz CT molecular complexity index is 591. The SMILES string of the molecule is [C-]#[N+]c1ccccc1-c1ccc(C(C)=O)cc1. The monoisotopic (exact) mass is 221 g/mol. The van der Waals surface area contributed by atoms with Gasteiger partial charge in [-0.1, -0.05) is 48.5 Å². The van der Waals surface area contributed by atoms with E-state index in [1.807, 2.05) is 30.3 Å². The van der Waals surface area contributed by atoms with E-state index < -0.39 is 0 Å². The maximum absolute atomic E-state index is 11.2. The molecule has 0 fully saturated rings. The van der Waals surface area contributed by atoms with Gasteiger partial charge in [0.05, 0.1) is 6.57 Å². The van der Waals surface area contributed by atoms with Crippen molar-refractivity contribution in [1.29, 1.82) is 0 Å². The molecule has 2 aromatic carbocycles. The summed E-state index contributed by atoms with van der Waals surface area (Å²) in [5.74, 6) is 0.0509. The predicted octanol–water partition coefficient (Wildman–Crippen LogP) is 4.11. The van der Waals surface area contributed by atoms with Gasteiger partial charge in [-0.2, -0.15) is 0 Å². The van der Waals surface area contributed by atoms with Crippen LogP contribution >= 0.6 is 0 Å². The lowest BCUT2D eigenvalue weighted by atomic mass is 10.0. The van der Waals surface area contributed by atoms with E-state index in [4.69, 9.17) is 6.57 Å². The van der Waals surface area contributed by atoms with Gasteiger partial charge >= 0.3 is 0 Å². The number of ketones is 1. The molecule has 2 aromatic rings. The third kappa shape index (κ3) is 2.24. The molecule has 0 aliphatic carbocycles. The van der Waals surface area contributed by atoms with Gasteiger partial charge < -0.3 is 0 Å². The average molecular weight is 221 g/mol. The Hall–Kier alpha value is -2.40. The Morgan fingerprint density at radius 3 is 2.29 bits per heavy atom. The van der Waals surface area contributed by atoms with Gasteiger partial charge in [0, 0.05) is 5.56 Å². The Morgan fingerprint density at radius 2 is 1.71 bits per heavy atom. The zero-order valence-corrected chi connectivity index (χ0v) is 9.47. The molecule has 2 nitrogen and oxygen atoms in total. The van der Waals surface area contributed by atoms with E-state index in [0.717, 1.165) is 11.1 Å². The predicted molar refractivity (Wildman–Crippen MR) is 68.1 cm³/mol. The number of para-hydroxylation sites is 1. The fourth-order valence-electron chi connectivity index (χ4n) is 1.70. The van der Waals surface area contributed by atoms with Gasteiger partial charge in [0.15, 0.2) is 11.5 Å². The minimum atomic E-state index is 0.0509. The number of rotatable bonds is 2. The highest BCUT2D eigenvalue weighted by Gasteiger charge is 2.04. The van der Waals surface area contributed by atoms with Crippen LogP contribution in [-0.4, -0.2) is 5.78 Å². The summed E-state index contributed by atoms with van der Waals surface area (Å²) in [6.45, 7) is 8.66. The van der Waals surface area contributed by atoms with Crippen LogP contribution in [0, 0.1) is 6.57 Å². The number of carbonyl (C=O) groups excluding carboxylic acids is 1. The van der Waals surface area contributed by atoms with Gasteiger partial charge in [0.2, 0.25) is 0 Å². The van der Waals surface area contributed by atoms with Crippen molar-refractivity contribution in [2.24, 2.45) is 0 Å². The third-order valence-electron chi connectivity index (χ3n) is 2.63. The summed E-state index contributed by atoms with van der Waals surface area (Å²) in [6.07, 6.45) is 0. The Kier molecular flexibility index (Phi) is 3.02. The highest BCUT2D eigenvalue weighted by Crippen LogP contribution is 2.30. The second kappa shape index (κ2) is 4.63. The van der Waals surface area contributed by atoms with Crippen LogP contribution in [0.25, 0.3) is 16.0 Å². The van der Waals surface area contributed by atoms with Crippen molar-refractivity contribution in [3.8, 4) is 11.1 Å². The molecule has 0 amide bonds. The maximum atomic E-state index is 11.2. The molecular formula is C15H11NO. The van der Waals surface area contributed by atoms with Crippen LogP contribution in [0.1, 0.15) is 17.3 Å². The van der Waals surface area contributed by atoms with Crippen LogP contribution in [0.2, 0.25) is 0 Å². The molecule has 0 radical (unpaired) electrons. The van der Waals surface area contributed by atoms with Crippen LogP contribution in [0.5, 0.6) is 0 Å². The zero-order valence-electron chi connectivity index (χ0n) is 9.47. The number of hydrogen-bond donors (Lipinski definition) is 0. The molecule has 82 valence electrons. The minimum Gasteiger partial charge on any atom is -0.295 e. The van der Waals surface area contributed by atoms with Crippen molar-refractivity contribution in [2.75, 3.05) is 0 Å². The largest absolute Gasteiger partial charge is 0.295 e. The molecule has 0 aliphatic heterocycles. The van der Waals surface area contributed by atoms with E-state index >= 15 is 0 Å². The van der Waals surface area contributed by atoms with Crippen LogP contribution < -0.4 is 0 Å². The molecule has 0 saturated carbocycles. The maximum Gasteiger partial charge on any atom is 0.194 e. The first-order valence-corrected chi connectivity index (χ1v) is 5.30. The zero-order chi connectivity index (χ0) is 12.3. The fraction of sp³-hybridized carbons (Fsp3) is 0.0667. The van der Waals surface area contributed by atoms with Crippen LogP contribution in [0.4, 0.5) is 5.69 Å². The normalized spacial score (nSPS) is 9.65. The van der Waals surface area contributed by atoms with Crippen LogP contribution in [0.3, 0.4) is 0 Å². The van der Waals surface area contributed by atoms with Crippen molar-refractivity contribution in [3.63, 3.8) is 0 Å². The second-order valence-electron chi connectivity index (χ2n) is 3.76. The molecule has 0 bridgehead atoms. The molecule has 0 atom stereocenters. The standard InChI is InChI=1S/C15H11NO/c1-11(17)12-7-9-13(10-8-12)14-5-3-4-6-15(14)16-2/h3-10H,1H3. The number of hydrogen-bond acceptors (Lipinski definition) is 1. The molecule has 0 unspecified atom stereocenters. The van der Waals surface area contributed by atoms with Crippen molar-refractivity contribution in [1.82, 2.24) is 0 Å². The number of benzene rings is 2. The highest BCUT2D eigenvalue weighted by molar-refractivity contribution is 5.94. The molecule has 17 heavy (non-hydrogen) atoms. The molecule has 0 saturated heterocycles. The highest BCUT2D eigenvalue weighted by atomic mass is 16.1. The quantitative estimate of drug-likeness (QED) is 0.552. The number of Topliss-reactive ketones (excluding diaryl/α,β-unsaturated/α-hetero) is 1. The molecule has 2 heteroatoms. The fourth-order valence-corrected chi connectivity index (χ4v) is 1.70. The van der Waals surface area contributed by atoms with Crippen molar-refractivity contribution in [3.05, 3.63) is 65.5 Å². The summed E-state index contributed by atoms with van der Waals surface area (Å²) >= 11 is 0. The lowest BCUT2D eigenvalue weighted by molar-refractivity contribution is 0.101. The first-order valence-electron chi connectivity index (χ1n) is 5.30. The van der Waals surface area contributed by atoms with Crippen molar-refractivity contribution >= 4 is 11.5 Å².